The number of aromatic amines is 1. The number of nitrogens with zero attached hydrogens (tertiary/aromatic N) is 2. The van der Waals surface area contributed by atoms with Crippen LogP contribution in [0.5, 0.6) is 23.1 Å². The maximum absolute atomic E-state index is 14.8. The van der Waals surface area contributed by atoms with Crippen LogP contribution in [0.3, 0.4) is 0 Å². The van der Waals surface area contributed by atoms with E-state index in [2.05, 4.69) is 15.0 Å². The molecule has 0 aliphatic carbocycles. The van der Waals surface area contributed by atoms with Gasteiger partial charge in [-0.3, -0.25) is 4.79 Å². The van der Waals surface area contributed by atoms with Gasteiger partial charge in [0.2, 0.25) is 5.88 Å². The van der Waals surface area contributed by atoms with Gasteiger partial charge in [0.1, 0.15) is 6.33 Å². The predicted octanol–water partition coefficient (Wildman–Crippen LogP) is 5.07. The number of hydrogen-bond donors (Lipinski definition) is 2. The molecule has 9 heteroatoms. The van der Waals surface area contributed by atoms with Gasteiger partial charge in [0.05, 0.1) is 24.6 Å². The first-order valence-corrected chi connectivity index (χ1v) is 10.2. The highest BCUT2D eigenvalue weighted by atomic mass is 19.1. The van der Waals surface area contributed by atoms with E-state index in [1.807, 2.05) is 0 Å². The molecule has 0 amide bonds. The van der Waals surface area contributed by atoms with Gasteiger partial charge in [-0.2, -0.15) is 0 Å². The Labute approximate surface area is 183 Å². The van der Waals surface area contributed by atoms with E-state index < -0.39 is 11.8 Å². The Bertz CT molecular complexity index is 1260. The van der Waals surface area contributed by atoms with Gasteiger partial charge in [-0.25, -0.2) is 14.4 Å². The summed E-state index contributed by atoms with van der Waals surface area (Å²) in [5.74, 6) is -0.0647. The van der Waals surface area contributed by atoms with Crippen LogP contribution in [0.25, 0.3) is 21.8 Å². The molecular formula is C23H22FN3O5. The van der Waals surface area contributed by atoms with Crippen LogP contribution < -0.4 is 14.2 Å². The fourth-order valence-corrected chi connectivity index (χ4v) is 3.39. The number of carboxylic acid groups (broad SMARTS) is 1. The lowest BCUT2D eigenvalue weighted by molar-refractivity contribution is -0.137. The molecule has 2 heterocycles. The zero-order valence-corrected chi connectivity index (χ0v) is 17.4. The second kappa shape index (κ2) is 9.51. The Morgan fingerprint density at radius 1 is 1.06 bits per heavy atom. The van der Waals surface area contributed by atoms with Crippen molar-refractivity contribution in [1.29, 1.82) is 0 Å². The molecule has 0 saturated heterocycles. The molecule has 0 saturated carbocycles. The molecule has 0 aliphatic rings. The molecule has 8 nitrogen and oxygen atoms in total. The van der Waals surface area contributed by atoms with Gasteiger partial charge in [-0.15, -0.1) is 0 Å². The zero-order valence-electron chi connectivity index (χ0n) is 17.4. The third kappa shape index (κ3) is 4.56. The Hall–Kier alpha value is -3.88. The quantitative estimate of drug-likeness (QED) is 0.332. The number of aromatic nitrogens is 3. The Balaban J connectivity index is 1.54. The lowest BCUT2D eigenvalue weighted by atomic mass is 10.2. The molecular weight excluding hydrogens is 417 g/mol. The number of methoxy groups -OCH3 is 1. The number of unbranched alkanes of at least 4 members (excludes halogenated alkanes) is 2. The molecule has 0 spiro atoms. The third-order valence-electron chi connectivity index (χ3n) is 5.02. The van der Waals surface area contributed by atoms with Gasteiger partial charge in [0.15, 0.2) is 23.1 Å². The van der Waals surface area contributed by atoms with Crippen molar-refractivity contribution in [3.05, 3.63) is 48.7 Å². The topological polar surface area (TPSA) is 107 Å². The second-order valence-corrected chi connectivity index (χ2v) is 7.17. The van der Waals surface area contributed by atoms with E-state index in [1.165, 1.54) is 13.4 Å². The number of H-pyrrole nitrogens is 1. The van der Waals surface area contributed by atoms with E-state index in [-0.39, 0.29) is 18.1 Å². The van der Waals surface area contributed by atoms with Gasteiger partial charge in [-0.1, -0.05) is 0 Å². The van der Waals surface area contributed by atoms with E-state index in [0.717, 1.165) is 6.42 Å². The largest absolute Gasteiger partial charge is 0.493 e. The van der Waals surface area contributed by atoms with Gasteiger partial charge >= 0.3 is 5.97 Å². The summed E-state index contributed by atoms with van der Waals surface area (Å²) in [5.41, 5.74) is 1.23. The van der Waals surface area contributed by atoms with E-state index in [4.69, 9.17) is 19.3 Å². The molecule has 0 fully saturated rings. The minimum Gasteiger partial charge on any atom is -0.493 e. The van der Waals surface area contributed by atoms with E-state index in [9.17, 15) is 9.18 Å². The summed E-state index contributed by atoms with van der Waals surface area (Å²) in [5, 5.41) is 9.67. The normalized spacial score (nSPS) is 11.1. The SMILES string of the molecule is COc1cc2c(Oc3ccc4[nH]ccc4c3F)ncnc2cc1OCCCCCC(=O)O. The fraction of sp³-hybridized carbons (Fsp3) is 0.261. The minimum absolute atomic E-state index is 0.0535. The molecule has 2 N–H and O–H groups in total. The lowest BCUT2D eigenvalue weighted by Gasteiger charge is -2.13. The van der Waals surface area contributed by atoms with Crippen LogP contribution in [0, 0.1) is 5.82 Å². The van der Waals surface area contributed by atoms with E-state index in [0.29, 0.717) is 52.8 Å². The Morgan fingerprint density at radius 2 is 1.94 bits per heavy atom. The average Bonchev–Trinajstić information content (AvgIpc) is 3.27. The summed E-state index contributed by atoms with van der Waals surface area (Å²) < 4.78 is 31.9. The number of ether oxygens (including phenoxy) is 3. The van der Waals surface area contributed by atoms with Crippen molar-refractivity contribution in [1.82, 2.24) is 15.0 Å². The van der Waals surface area contributed by atoms with Gasteiger partial charge in [0.25, 0.3) is 0 Å². The number of aliphatic carboxylic acids is 1. The van der Waals surface area contributed by atoms with Crippen LogP contribution in [-0.2, 0) is 4.79 Å². The van der Waals surface area contributed by atoms with Crippen LogP contribution >= 0.6 is 0 Å². The standard InChI is InChI=1S/C23H22FN3O5/c1-30-19-11-15-17(12-20(19)31-10-4-2-3-5-21(28)29)26-13-27-23(15)32-18-7-6-16-14(22(18)24)8-9-25-16/h6-9,11-13,25H,2-5,10H2,1H3,(H,28,29). The molecule has 2 aromatic carbocycles. The number of benzene rings is 2. The smallest absolute Gasteiger partial charge is 0.303 e. The monoisotopic (exact) mass is 439 g/mol. The first-order valence-electron chi connectivity index (χ1n) is 10.2. The number of fused-ring (bicyclic) bond motifs is 2. The maximum atomic E-state index is 14.8. The molecule has 2 aromatic heterocycles. The van der Waals surface area contributed by atoms with E-state index >= 15 is 0 Å². The summed E-state index contributed by atoms with van der Waals surface area (Å²) in [6, 6.07) is 8.33. The van der Waals surface area contributed by atoms with Crippen molar-refractivity contribution >= 4 is 27.8 Å². The highest BCUT2D eigenvalue weighted by Crippen LogP contribution is 2.37. The highest BCUT2D eigenvalue weighted by Gasteiger charge is 2.16. The zero-order chi connectivity index (χ0) is 22.5. The fourth-order valence-electron chi connectivity index (χ4n) is 3.39. The number of rotatable bonds is 10. The Morgan fingerprint density at radius 3 is 2.75 bits per heavy atom. The number of nitrogens with one attached hydrogen (secondary N) is 1. The van der Waals surface area contributed by atoms with Crippen molar-refractivity contribution in [3.8, 4) is 23.1 Å². The summed E-state index contributed by atoms with van der Waals surface area (Å²) in [6.07, 6.45) is 5.22. The van der Waals surface area contributed by atoms with Gasteiger partial charge in [-0.05, 0) is 43.5 Å². The summed E-state index contributed by atoms with van der Waals surface area (Å²) in [4.78, 5) is 22.0. The second-order valence-electron chi connectivity index (χ2n) is 7.17. The van der Waals surface area contributed by atoms with Crippen molar-refractivity contribution in [3.63, 3.8) is 0 Å². The van der Waals surface area contributed by atoms with Crippen LogP contribution in [0.2, 0.25) is 0 Å². The van der Waals surface area contributed by atoms with Crippen molar-refractivity contribution in [2.24, 2.45) is 0 Å². The number of hydrogen-bond acceptors (Lipinski definition) is 6. The van der Waals surface area contributed by atoms with Crippen LogP contribution in [0.15, 0.2) is 42.9 Å². The molecule has 0 aliphatic heterocycles. The van der Waals surface area contributed by atoms with Crippen molar-refractivity contribution in [2.75, 3.05) is 13.7 Å². The minimum atomic E-state index is -0.798. The van der Waals surface area contributed by atoms with E-state index in [1.54, 1.807) is 36.5 Å². The molecule has 0 atom stereocenters. The molecule has 0 unspecified atom stereocenters. The third-order valence-corrected chi connectivity index (χ3v) is 5.02. The number of carbonyl (C=O) groups is 1. The number of carboxylic acids is 1. The van der Waals surface area contributed by atoms with Gasteiger partial charge < -0.3 is 24.3 Å². The van der Waals surface area contributed by atoms with Crippen molar-refractivity contribution < 1.29 is 28.5 Å². The summed E-state index contributed by atoms with van der Waals surface area (Å²) >= 11 is 0. The van der Waals surface area contributed by atoms with Crippen LogP contribution in [0.4, 0.5) is 4.39 Å². The first kappa shape index (κ1) is 21.4. The summed E-state index contributed by atoms with van der Waals surface area (Å²) in [7, 11) is 1.52. The average molecular weight is 439 g/mol. The van der Waals surface area contributed by atoms with Crippen molar-refractivity contribution in [2.45, 2.75) is 25.7 Å². The van der Waals surface area contributed by atoms with Crippen LogP contribution in [0.1, 0.15) is 25.7 Å². The highest BCUT2D eigenvalue weighted by molar-refractivity contribution is 5.87. The lowest BCUT2D eigenvalue weighted by Crippen LogP contribution is -2.01. The number of halogens is 1. The van der Waals surface area contributed by atoms with Gasteiger partial charge in [0, 0.05) is 29.6 Å². The summed E-state index contributed by atoms with van der Waals surface area (Å²) in [6.45, 7) is 0.415. The first-order chi connectivity index (χ1) is 15.6. The molecule has 4 aromatic rings. The molecule has 0 bridgehead atoms. The van der Waals surface area contributed by atoms with Crippen LogP contribution in [-0.4, -0.2) is 39.7 Å². The maximum Gasteiger partial charge on any atom is 0.303 e. The molecule has 166 valence electrons. The molecule has 0 radical (unpaired) electrons. The predicted molar refractivity (Wildman–Crippen MR) is 116 cm³/mol. The molecule has 32 heavy (non-hydrogen) atoms. The Kier molecular flexibility index (Phi) is 6.34. The molecule has 4 rings (SSSR count).